The van der Waals surface area contributed by atoms with Crippen LogP contribution >= 0.6 is 11.6 Å². The van der Waals surface area contributed by atoms with Crippen LogP contribution in [0.5, 0.6) is 0 Å². The van der Waals surface area contributed by atoms with Crippen molar-refractivity contribution >= 4 is 28.3 Å². The predicted octanol–water partition coefficient (Wildman–Crippen LogP) is 4.05. The quantitative estimate of drug-likeness (QED) is 0.869. The van der Waals surface area contributed by atoms with E-state index in [1.54, 1.807) is 6.20 Å². The molecule has 4 heteroatoms. The molecule has 1 aromatic heterocycles. The number of benzene rings is 1. The number of pyridine rings is 1. The predicted molar refractivity (Wildman–Crippen MR) is 85.6 cm³/mol. The van der Waals surface area contributed by atoms with E-state index in [9.17, 15) is 4.79 Å². The van der Waals surface area contributed by atoms with Crippen LogP contribution in [0, 0.1) is 11.8 Å². The molecular formula is C17H19ClN2O. The SMILES string of the molecule is CC1CCCC1CNC(=O)c1cnc(Cl)c2ccccc12. The summed E-state index contributed by atoms with van der Waals surface area (Å²) in [6, 6.07) is 7.61. The third-order valence-corrected chi connectivity index (χ3v) is 4.86. The highest BCUT2D eigenvalue weighted by molar-refractivity contribution is 6.34. The van der Waals surface area contributed by atoms with Gasteiger partial charge in [-0.2, -0.15) is 0 Å². The third kappa shape index (κ3) is 2.88. The molecule has 21 heavy (non-hydrogen) atoms. The zero-order valence-corrected chi connectivity index (χ0v) is 12.9. The second kappa shape index (κ2) is 6.02. The summed E-state index contributed by atoms with van der Waals surface area (Å²) < 4.78 is 0. The van der Waals surface area contributed by atoms with Crippen LogP contribution in [0.25, 0.3) is 10.8 Å². The largest absolute Gasteiger partial charge is 0.352 e. The van der Waals surface area contributed by atoms with Crippen LogP contribution in [0.4, 0.5) is 0 Å². The molecule has 1 aliphatic carbocycles. The molecule has 3 nitrogen and oxygen atoms in total. The van der Waals surface area contributed by atoms with Crippen LogP contribution in [0.15, 0.2) is 30.5 Å². The van der Waals surface area contributed by atoms with E-state index >= 15 is 0 Å². The third-order valence-electron chi connectivity index (χ3n) is 4.56. The fourth-order valence-electron chi connectivity index (χ4n) is 3.18. The first-order valence-corrected chi connectivity index (χ1v) is 7.86. The van der Waals surface area contributed by atoms with E-state index in [0.29, 0.717) is 22.6 Å². The van der Waals surface area contributed by atoms with Gasteiger partial charge in [0.1, 0.15) is 5.15 Å². The van der Waals surface area contributed by atoms with Gasteiger partial charge in [-0.05, 0) is 23.6 Å². The Morgan fingerprint density at radius 1 is 1.33 bits per heavy atom. The number of rotatable bonds is 3. The van der Waals surface area contributed by atoms with Crippen molar-refractivity contribution in [3.63, 3.8) is 0 Å². The van der Waals surface area contributed by atoms with Crippen LogP contribution in [0.3, 0.4) is 0 Å². The van der Waals surface area contributed by atoms with Crippen LogP contribution in [-0.2, 0) is 0 Å². The zero-order valence-electron chi connectivity index (χ0n) is 12.1. The molecule has 1 aliphatic rings. The molecular weight excluding hydrogens is 284 g/mol. The summed E-state index contributed by atoms with van der Waals surface area (Å²) in [5.74, 6) is 1.24. The Kier molecular flexibility index (Phi) is 4.11. The lowest BCUT2D eigenvalue weighted by Crippen LogP contribution is -2.30. The van der Waals surface area contributed by atoms with Crippen LogP contribution in [-0.4, -0.2) is 17.4 Å². The van der Waals surface area contributed by atoms with Crippen molar-refractivity contribution in [2.45, 2.75) is 26.2 Å². The van der Waals surface area contributed by atoms with Gasteiger partial charge >= 0.3 is 0 Å². The van der Waals surface area contributed by atoms with Crippen molar-refractivity contribution in [3.05, 3.63) is 41.2 Å². The molecule has 1 amide bonds. The summed E-state index contributed by atoms with van der Waals surface area (Å²) in [4.78, 5) is 16.6. The summed E-state index contributed by atoms with van der Waals surface area (Å²) in [6.07, 6.45) is 5.32. The van der Waals surface area contributed by atoms with Crippen LogP contribution < -0.4 is 5.32 Å². The van der Waals surface area contributed by atoms with Gasteiger partial charge in [-0.3, -0.25) is 4.79 Å². The molecule has 1 saturated carbocycles. The number of hydrogen-bond acceptors (Lipinski definition) is 2. The number of halogens is 1. The minimum Gasteiger partial charge on any atom is -0.352 e. The fraction of sp³-hybridized carbons (Fsp3) is 0.412. The van der Waals surface area contributed by atoms with Crippen molar-refractivity contribution in [2.24, 2.45) is 11.8 Å². The van der Waals surface area contributed by atoms with Gasteiger partial charge in [-0.15, -0.1) is 0 Å². The van der Waals surface area contributed by atoms with Gasteiger partial charge < -0.3 is 5.32 Å². The Morgan fingerprint density at radius 2 is 2.10 bits per heavy atom. The number of nitrogens with one attached hydrogen (secondary N) is 1. The number of carbonyl (C=O) groups is 1. The Morgan fingerprint density at radius 3 is 2.81 bits per heavy atom. The van der Waals surface area contributed by atoms with Crippen LogP contribution in [0.1, 0.15) is 36.5 Å². The van der Waals surface area contributed by atoms with Gasteiger partial charge in [0.2, 0.25) is 0 Å². The first kappa shape index (κ1) is 14.3. The molecule has 0 radical (unpaired) electrons. The van der Waals surface area contributed by atoms with Crippen molar-refractivity contribution in [1.82, 2.24) is 10.3 Å². The Bertz CT molecular complexity index is 671. The molecule has 2 atom stereocenters. The molecule has 1 N–H and O–H groups in total. The number of amides is 1. The van der Waals surface area contributed by atoms with Gasteiger partial charge in [0, 0.05) is 18.1 Å². The van der Waals surface area contributed by atoms with E-state index in [0.717, 1.165) is 17.3 Å². The van der Waals surface area contributed by atoms with Gasteiger partial charge in [-0.25, -0.2) is 4.98 Å². The number of hydrogen-bond donors (Lipinski definition) is 1. The molecule has 3 rings (SSSR count). The molecule has 1 fully saturated rings. The maximum absolute atomic E-state index is 12.4. The monoisotopic (exact) mass is 302 g/mol. The number of fused-ring (bicyclic) bond motifs is 1. The minimum absolute atomic E-state index is 0.0607. The first-order chi connectivity index (χ1) is 10.2. The lowest BCUT2D eigenvalue weighted by Gasteiger charge is -2.16. The molecule has 2 aromatic rings. The van der Waals surface area contributed by atoms with Crippen LogP contribution in [0.2, 0.25) is 5.15 Å². The Labute approximate surface area is 129 Å². The van der Waals surface area contributed by atoms with Gasteiger partial charge in [-0.1, -0.05) is 55.6 Å². The molecule has 0 saturated heterocycles. The number of nitrogens with zero attached hydrogens (tertiary/aromatic N) is 1. The van der Waals surface area contributed by atoms with Gasteiger partial charge in [0.25, 0.3) is 5.91 Å². The smallest absolute Gasteiger partial charge is 0.253 e. The lowest BCUT2D eigenvalue weighted by molar-refractivity contribution is 0.0946. The van der Waals surface area contributed by atoms with Crippen molar-refractivity contribution in [1.29, 1.82) is 0 Å². The molecule has 0 bridgehead atoms. The van der Waals surface area contributed by atoms with E-state index in [1.165, 1.54) is 19.3 Å². The highest BCUT2D eigenvalue weighted by Crippen LogP contribution is 2.30. The van der Waals surface area contributed by atoms with Crippen molar-refractivity contribution < 1.29 is 4.79 Å². The molecule has 0 spiro atoms. The minimum atomic E-state index is -0.0607. The molecule has 1 aromatic carbocycles. The fourth-order valence-corrected chi connectivity index (χ4v) is 3.40. The summed E-state index contributed by atoms with van der Waals surface area (Å²) in [7, 11) is 0. The highest BCUT2D eigenvalue weighted by Gasteiger charge is 2.24. The van der Waals surface area contributed by atoms with E-state index in [4.69, 9.17) is 11.6 Å². The van der Waals surface area contributed by atoms with E-state index in [1.807, 2.05) is 24.3 Å². The molecule has 1 heterocycles. The average molecular weight is 303 g/mol. The lowest BCUT2D eigenvalue weighted by atomic mass is 9.98. The second-order valence-electron chi connectivity index (χ2n) is 5.89. The highest BCUT2D eigenvalue weighted by atomic mass is 35.5. The summed E-state index contributed by atoms with van der Waals surface area (Å²) in [6.45, 7) is 3.01. The summed E-state index contributed by atoms with van der Waals surface area (Å²) in [5.41, 5.74) is 0.598. The second-order valence-corrected chi connectivity index (χ2v) is 6.24. The number of aromatic nitrogens is 1. The van der Waals surface area contributed by atoms with E-state index in [-0.39, 0.29) is 5.91 Å². The Hall–Kier alpha value is -1.61. The number of carbonyl (C=O) groups excluding carboxylic acids is 1. The average Bonchev–Trinajstić information content (AvgIpc) is 2.91. The van der Waals surface area contributed by atoms with Gasteiger partial charge in [0.05, 0.1) is 5.56 Å². The van der Waals surface area contributed by atoms with Crippen molar-refractivity contribution in [3.8, 4) is 0 Å². The maximum Gasteiger partial charge on any atom is 0.253 e. The summed E-state index contributed by atoms with van der Waals surface area (Å²) in [5, 5.41) is 5.17. The van der Waals surface area contributed by atoms with E-state index in [2.05, 4.69) is 17.2 Å². The first-order valence-electron chi connectivity index (χ1n) is 7.48. The molecule has 110 valence electrons. The Balaban J connectivity index is 1.80. The standard InChI is InChI=1S/C17H19ClN2O/c1-11-5-4-6-12(11)9-20-17(21)15-10-19-16(18)14-8-3-2-7-13(14)15/h2-3,7-8,10-12H,4-6,9H2,1H3,(H,20,21). The summed E-state index contributed by atoms with van der Waals surface area (Å²) >= 11 is 6.09. The molecule has 2 unspecified atom stereocenters. The van der Waals surface area contributed by atoms with E-state index < -0.39 is 0 Å². The zero-order chi connectivity index (χ0) is 14.8. The van der Waals surface area contributed by atoms with Gasteiger partial charge in [0.15, 0.2) is 0 Å². The maximum atomic E-state index is 12.4. The molecule has 0 aliphatic heterocycles. The topological polar surface area (TPSA) is 42.0 Å². The van der Waals surface area contributed by atoms with Crippen molar-refractivity contribution in [2.75, 3.05) is 6.54 Å². The normalized spacial score (nSPS) is 21.6.